The number of rotatable bonds is 6. The Kier molecular flexibility index (Phi) is 5.92. The number of ether oxygens (including phenoxy) is 1. The first-order chi connectivity index (χ1) is 10.6. The van der Waals surface area contributed by atoms with E-state index in [1.807, 2.05) is 19.9 Å². The van der Waals surface area contributed by atoms with Crippen molar-refractivity contribution in [3.05, 3.63) is 29.1 Å². The molecule has 120 valence electrons. The summed E-state index contributed by atoms with van der Waals surface area (Å²) in [6.45, 7) is 4.97. The molecule has 1 aliphatic heterocycles. The fourth-order valence-electron chi connectivity index (χ4n) is 2.76. The molecule has 1 atom stereocenters. The van der Waals surface area contributed by atoms with Gasteiger partial charge in [-0.25, -0.2) is 4.79 Å². The number of piperidine rings is 1. The van der Waals surface area contributed by atoms with Crippen LogP contribution in [0.15, 0.2) is 12.3 Å². The maximum absolute atomic E-state index is 12.0. The fraction of sp³-hybridized carbons (Fsp3) is 0.588. The molecule has 22 heavy (non-hydrogen) atoms. The molecule has 0 saturated carbocycles. The predicted molar refractivity (Wildman–Crippen MR) is 83.6 cm³/mol. The number of hydrogen-bond donors (Lipinski definition) is 1. The minimum Gasteiger partial charge on any atom is -0.462 e. The number of carbonyl (C=O) groups excluding carboxylic acids is 2. The molecule has 5 nitrogen and oxygen atoms in total. The summed E-state index contributed by atoms with van der Waals surface area (Å²) in [6, 6.07) is 1.87. The number of esters is 1. The predicted octanol–water partition coefficient (Wildman–Crippen LogP) is 2.55. The van der Waals surface area contributed by atoms with Crippen LogP contribution in [0.5, 0.6) is 0 Å². The van der Waals surface area contributed by atoms with Crippen LogP contribution in [0.2, 0.25) is 0 Å². The molecule has 1 amide bonds. The third kappa shape index (κ3) is 4.55. The number of aromatic nitrogens is 1. The topological polar surface area (TPSA) is 68.3 Å². The summed E-state index contributed by atoms with van der Waals surface area (Å²) in [5, 5.41) is 2.89. The Balaban J connectivity index is 1.68. The monoisotopic (exact) mass is 304 g/mol. The molecule has 1 aromatic rings. The van der Waals surface area contributed by atoms with Crippen LogP contribution in [-0.2, 0) is 9.53 Å². The average molecular weight is 304 g/mol. The van der Waals surface area contributed by atoms with Gasteiger partial charge in [0.05, 0.1) is 12.2 Å². The summed E-state index contributed by atoms with van der Waals surface area (Å²) in [7, 11) is 0. The summed E-state index contributed by atoms with van der Waals surface area (Å²) >= 11 is 0. The zero-order valence-corrected chi connectivity index (χ0v) is 13.4. The molecule has 0 unspecified atom stereocenters. The van der Waals surface area contributed by atoms with Crippen molar-refractivity contribution >= 4 is 11.9 Å². The summed E-state index contributed by atoms with van der Waals surface area (Å²) in [5.74, 6) is -0.0157. The highest BCUT2D eigenvalue weighted by atomic mass is 16.5. The van der Waals surface area contributed by atoms with Gasteiger partial charge in [0, 0.05) is 24.4 Å². The lowest BCUT2D eigenvalue weighted by Crippen LogP contribution is -2.36. The second-order valence-electron chi connectivity index (χ2n) is 5.90. The zero-order chi connectivity index (χ0) is 15.9. The highest BCUT2D eigenvalue weighted by molar-refractivity contribution is 5.90. The van der Waals surface area contributed by atoms with Crippen LogP contribution in [0.1, 0.15) is 53.7 Å². The molecule has 2 heterocycles. The molecule has 0 aromatic carbocycles. The van der Waals surface area contributed by atoms with Crippen molar-refractivity contribution in [3.63, 3.8) is 0 Å². The minimum absolute atomic E-state index is 0.132. The maximum atomic E-state index is 12.0. The van der Waals surface area contributed by atoms with Crippen LogP contribution in [0.25, 0.3) is 0 Å². The van der Waals surface area contributed by atoms with E-state index in [1.165, 1.54) is 0 Å². The second-order valence-corrected chi connectivity index (χ2v) is 5.90. The Labute approximate surface area is 131 Å². The number of nitrogens with one attached hydrogen (secondary N) is 1. The molecule has 1 N–H and O–H groups in total. The van der Waals surface area contributed by atoms with Gasteiger partial charge in [0.1, 0.15) is 0 Å². The SMILES string of the molecule is Cc1cc(C)c(C(=O)OCCCC[C@H]2CCCNC2=O)cn1. The van der Waals surface area contributed by atoms with Crippen molar-refractivity contribution in [2.24, 2.45) is 5.92 Å². The van der Waals surface area contributed by atoms with E-state index in [0.717, 1.165) is 49.9 Å². The van der Waals surface area contributed by atoms with Crippen LogP contribution in [0, 0.1) is 19.8 Å². The lowest BCUT2D eigenvalue weighted by Gasteiger charge is -2.21. The van der Waals surface area contributed by atoms with Gasteiger partial charge in [-0.05, 0) is 57.6 Å². The lowest BCUT2D eigenvalue weighted by atomic mass is 9.93. The van der Waals surface area contributed by atoms with Gasteiger partial charge in [0.25, 0.3) is 0 Å². The summed E-state index contributed by atoms with van der Waals surface area (Å²) in [6.07, 6.45) is 6.16. The molecule has 5 heteroatoms. The number of carbonyl (C=O) groups is 2. The zero-order valence-electron chi connectivity index (χ0n) is 13.4. The van der Waals surface area contributed by atoms with Gasteiger partial charge in [0.2, 0.25) is 5.91 Å². The smallest absolute Gasteiger partial charge is 0.339 e. The van der Waals surface area contributed by atoms with Crippen molar-refractivity contribution in [1.29, 1.82) is 0 Å². The van der Waals surface area contributed by atoms with E-state index in [2.05, 4.69) is 10.3 Å². The van der Waals surface area contributed by atoms with Gasteiger partial charge in [-0.15, -0.1) is 0 Å². The maximum Gasteiger partial charge on any atom is 0.339 e. The fourth-order valence-corrected chi connectivity index (χ4v) is 2.76. The lowest BCUT2D eigenvalue weighted by molar-refractivity contribution is -0.126. The molecule has 0 aliphatic carbocycles. The average Bonchev–Trinajstić information content (AvgIpc) is 2.48. The van der Waals surface area contributed by atoms with E-state index < -0.39 is 0 Å². The third-order valence-electron chi connectivity index (χ3n) is 4.05. The number of hydrogen-bond acceptors (Lipinski definition) is 4. The number of unbranched alkanes of at least 4 members (excludes halogenated alkanes) is 1. The first kappa shape index (κ1) is 16.5. The number of aryl methyl sites for hydroxylation is 2. The van der Waals surface area contributed by atoms with Crippen LogP contribution < -0.4 is 5.32 Å². The Bertz CT molecular complexity index is 543. The van der Waals surface area contributed by atoms with Crippen molar-refractivity contribution in [2.45, 2.75) is 46.0 Å². The molecule has 1 aromatic heterocycles. The first-order valence-electron chi connectivity index (χ1n) is 7.96. The third-order valence-corrected chi connectivity index (χ3v) is 4.05. The summed E-state index contributed by atoms with van der Waals surface area (Å²) in [5.41, 5.74) is 2.30. The van der Waals surface area contributed by atoms with E-state index in [4.69, 9.17) is 4.74 Å². The first-order valence-corrected chi connectivity index (χ1v) is 7.96. The molecular formula is C17H24N2O3. The van der Waals surface area contributed by atoms with Crippen molar-refractivity contribution in [3.8, 4) is 0 Å². The largest absolute Gasteiger partial charge is 0.462 e. The Morgan fingerprint density at radius 2 is 2.23 bits per heavy atom. The second kappa shape index (κ2) is 7.92. The van der Waals surface area contributed by atoms with Gasteiger partial charge >= 0.3 is 5.97 Å². The van der Waals surface area contributed by atoms with Gasteiger partial charge in [0.15, 0.2) is 0 Å². The van der Waals surface area contributed by atoms with E-state index in [1.54, 1.807) is 6.20 Å². The number of pyridine rings is 1. The molecule has 1 aliphatic rings. The Morgan fingerprint density at radius 3 is 2.95 bits per heavy atom. The molecule has 1 fully saturated rings. The molecule has 2 rings (SSSR count). The van der Waals surface area contributed by atoms with Gasteiger partial charge in [-0.2, -0.15) is 0 Å². The highest BCUT2D eigenvalue weighted by Gasteiger charge is 2.21. The van der Waals surface area contributed by atoms with Crippen LogP contribution in [-0.4, -0.2) is 30.0 Å². The number of amides is 1. The molecule has 0 radical (unpaired) electrons. The Morgan fingerprint density at radius 1 is 1.41 bits per heavy atom. The minimum atomic E-state index is -0.319. The van der Waals surface area contributed by atoms with E-state index in [-0.39, 0.29) is 17.8 Å². The standard InChI is InChI=1S/C17H24N2O3/c1-12-10-13(2)19-11-15(12)17(21)22-9-4-3-6-14-7-5-8-18-16(14)20/h10-11,14H,3-9H2,1-2H3,(H,18,20)/t14-/m0/s1. The van der Waals surface area contributed by atoms with Gasteiger partial charge < -0.3 is 10.1 Å². The van der Waals surface area contributed by atoms with Crippen LogP contribution in [0.4, 0.5) is 0 Å². The van der Waals surface area contributed by atoms with Crippen molar-refractivity contribution in [1.82, 2.24) is 10.3 Å². The quantitative estimate of drug-likeness (QED) is 0.648. The normalized spacial score (nSPS) is 17.9. The molecular weight excluding hydrogens is 280 g/mol. The van der Waals surface area contributed by atoms with E-state index in [0.29, 0.717) is 12.2 Å². The van der Waals surface area contributed by atoms with Crippen LogP contribution >= 0.6 is 0 Å². The van der Waals surface area contributed by atoms with Crippen LogP contribution in [0.3, 0.4) is 0 Å². The Hall–Kier alpha value is -1.91. The number of nitrogens with zero attached hydrogens (tertiary/aromatic N) is 1. The van der Waals surface area contributed by atoms with Gasteiger partial charge in [-0.1, -0.05) is 0 Å². The highest BCUT2D eigenvalue weighted by Crippen LogP contribution is 2.18. The van der Waals surface area contributed by atoms with E-state index in [9.17, 15) is 9.59 Å². The summed E-state index contributed by atoms with van der Waals surface area (Å²) in [4.78, 5) is 27.7. The van der Waals surface area contributed by atoms with Gasteiger partial charge in [-0.3, -0.25) is 9.78 Å². The molecule has 0 spiro atoms. The van der Waals surface area contributed by atoms with E-state index >= 15 is 0 Å². The van der Waals surface area contributed by atoms with Crippen molar-refractivity contribution in [2.75, 3.05) is 13.2 Å². The van der Waals surface area contributed by atoms with Crippen molar-refractivity contribution < 1.29 is 14.3 Å². The molecule has 0 bridgehead atoms. The molecule has 1 saturated heterocycles. The summed E-state index contributed by atoms with van der Waals surface area (Å²) < 4.78 is 5.29.